The summed E-state index contributed by atoms with van der Waals surface area (Å²) in [5, 5.41) is 3.56. The molecule has 1 unspecified atom stereocenters. The third-order valence-electron chi connectivity index (χ3n) is 3.04. The lowest BCUT2D eigenvalue weighted by Crippen LogP contribution is -2.41. The van der Waals surface area contributed by atoms with Gasteiger partial charge in [0, 0.05) is 12.5 Å². The predicted octanol–water partition coefficient (Wildman–Crippen LogP) is 3.20. The van der Waals surface area contributed by atoms with Crippen LogP contribution in [0.4, 0.5) is 0 Å². The minimum absolute atomic E-state index is 0.380. The summed E-state index contributed by atoms with van der Waals surface area (Å²) in [6, 6.07) is 0.596. The molecule has 0 aliphatic heterocycles. The molecule has 0 aromatic heterocycles. The molecule has 0 saturated heterocycles. The monoisotopic (exact) mass is 195 g/mol. The molecule has 0 heterocycles. The summed E-state index contributed by atoms with van der Waals surface area (Å²) in [7, 11) is 0. The molecular formula is C13H25N. The summed E-state index contributed by atoms with van der Waals surface area (Å²) in [6.07, 6.45) is 3.39. The molecule has 0 aromatic carbocycles. The number of nitrogens with one attached hydrogen (secondary N) is 1. The van der Waals surface area contributed by atoms with Crippen LogP contribution in [0.2, 0.25) is 0 Å². The first-order valence-electron chi connectivity index (χ1n) is 5.71. The van der Waals surface area contributed by atoms with Crippen LogP contribution in [0.3, 0.4) is 0 Å². The lowest BCUT2D eigenvalue weighted by molar-refractivity contribution is 0.224. The Kier molecular flexibility index (Phi) is 6.66. The van der Waals surface area contributed by atoms with E-state index in [2.05, 4.69) is 44.9 Å². The van der Waals surface area contributed by atoms with Crippen LogP contribution in [-0.2, 0) is 0 Å². The summed E-state index contributed by atoms with van der Waals surface area (Å²) in [5.74, 6) is 6.10. The summed E-state index contributed by atoms with van der Waals surface area (Å²) in [5.41, 5.74) is 0.380. The average Bonchev–Trinajstić information content (AvgIpc) is 2.17. The van der Waals surface area contributed by atoms with Crippen molar-refractivity contribution in [1.82, 2.24) is 5.32 Å². The van der Waals surface area contributed by atoms with Crippen LogP contribution in [0.25, 0.3) is 0 Å². The molecule has 0 aliphatic carbocycles. The van der Waals surface area contributed by atoms with Gasteiger partial charge in [-0.3, -0.25) is 0 Å². The maximum Gasteiger partial charge on any atom is 0.0127 e. The number of hydrogen-bond acceptors (Lipinski definition) is 1. The molecule has 0 fully saturated rings. The van der Waals surface area contributed by atoms with E-state index >= 15 is 0 Å². The third kappa shape index (κ3) is 4.67. The van der Waals surface area contributed by atoms with Gasteiger partial charge in [-0.2, -0.15) is 0 Å². The molecule has 0 aromatic rings. The second-order valence-electron chi connectivity index (χ2n) is 4.42. The van der Waals surface area contributed by atoms with E-state index in [4.69, 9.17) is 0 Å². The number of hydrogen-bond donors (Lipinski definition) is 1. The van der Waals surface area contributed by atoms with Crippen molar-refractivity contribution < 1.29 is 0 Å². The van der Waals surface area contributed by atoms with Gasteiger partial charge in [0.2, 0.25) is 0 Å². The zero-order valence-electron chi connectivity index (χ0n) is 10.4. The SMILES string of the molecule is CC#CCCC(NCC)C(C)(C)CC. The average molecular weight is 195 g/mol. The Bertz CT molecular complexity index is 195. The fourth-order valence-corrected chi connectivity index (χ4v) is 1.60. The lowest BCUT2D eigenvalue weighted by Gasteiger charge is -2.34. The van der Waals surface area contributed by atoms with Crippen molar-refractivity contribution in [3.8, 4) is 11.8 Å². The first kappa shape index (κ1) is 13.5. The van der Waals surface area contributed by atoms with E-state index < -0.39 is 0 Å². The molecule has 0 rings (SSSR count). The highest BCUT2D eigenvalue weighted by Crippen LogP contribution is 2.27. The van der Waals surface area contributed by atoms with Crippen molar-refractivity contribution in [2.24, 2.45) is 5.41 Å². The maximum atomic E-state index is 3.56. The van der Waals surface area contributed by atoms with E-state index in [1.807, 2.05) is 6.92 Å². The Morgan fingerprint density at radius 3 is 2.36 bits per heavy atom. The standard InChI is InChI=1S/C13H25N/c1-6-9-10-11-12(14-8-3)13(4,5)7-2/h12,14H,7-8,10-11H2,1-5H3. The van der Waals surface area contributed by atoms with Gasteiger partial charge in [0.15, 0.2) is 0 Å². The second kappa shape index (κ2) is 6.90. The molecule has 1 nitrogen and oxygen atoms in total. The normalized spacial score (nSPS) is 13.2. The molecule has 1 N–H and O–H groups in total. The molecule has 0 bridgehead atoms. The Hall–Kier alpha value is -0.480. The van der Waals surface area contributed by atoms with Crippen LogP contribution < -0.4 is 5.32 Å². The summed E-state index contributed by atoms with van der Waals surface area (Å²) in [4.78, 5) is 0. The van der Waals surface area contributed by atoms with Gasteiger partial charge >= 0.3 is 0 Å². The Morgan fingerprint density at radius 1 is 1.29 bits per heavy atom. The summed E-state index contributed by atoms with van der Waals surface area (Å²) < 4.78 is 0. The fraction of sp³-hybridized carbons (Fsp3) is 0.846. The second-order valence-corrected chi connectivity index (χ2v) is 4.42. The van der Waals surface area contributed by atoms with Crippen molar-refractivity contribution in [3.63, 3.8) is 0 Å². The molecular weight excluding hydrogens is 170 g/mol. The molecule has 0 radical (unpaired) electrons. The van der Waals surface area contributed by atoms with Gasteiger partial charge in [-0.05, 0) is 31.7 Å². The Labute approximate surface area is 89.7 Å². The van der Waals surface area contributed by atoms with Gasteiger partial charge in [0.05, 0.1) is 0 Å². The van der Waals surface area contributed by atoms with Crippen molar-refractivity contribution >= 4 is 0 Å². The van der Waals surface area contributed by atoms with Gasteiger partial charge in [0.1, 0.15) is 0 Å². The summed E-state index contributed by atoms with van der Waals surface area (Å²) in [6.45, 7) is 12.1. The van der Waals surface area contributed by atoms with Gasteiger partial charge < -0.3 is 5.32 Å². The third-order valence-corrected chi connectivity index (χ3v) is 3.04. The fourth-order valence-electron chi connectivity index (χ4n) is 1.60. The van der Waals surface area contributed by atoms with Crippen LogP contribution in [-0.4, -0.2) is 12.6 Å². The van der Waals surface area contributed by atoms with Crippen LogP contribution >= 0.6 is 0 Å². The van der Waals surface area contributed by atoms with Crippen molar-refractivity contribution in [2.45, 2.75) is 59.9 Å². The molecule has 1 atom stereocenters. The topological polar surface area (TPSA) is 12.0 Å². The predicted molar refractivity (Wildman–Crippen MR) is 64.2 cm³/mol. The van der Waals surface area contributed by atoms with Crippen molar-refractivity contribution in [2.75, 3.05) is 6.54 Å². The Balaban J connectivity index is 4.18. The molecule has 0 aliphatic rings. The molecule has 1 heteroatoms. The van der Waals surface area contributed by atoms with E-state index in [9.17, 15) is 0 Å². The van der Waals surface area contributed by atoms with Gasteiger partial charge in [0.25, 0.3) is 0 Å². The largest absolute Gasteiger partial charge is 0.314 e. The van der Waals surface area contributed by atoms with Crippen LogP contribution in [0, 0.1) is 17.3 Å². The molecule has 0 amide bonds. The molecule has 14 heavy (non-hydrogen) atoms. The summed E-state index contributed by atoms with van der Waals surface area (Å²) >= 11 is 0. The number of rotatable bonds is 6. The highest BCUT2D eigenvalue weighted by Gasteiger charge is 2.25. The highest BCUT2D eigenvalue weighted by molar-refractivity contribution is 4.97. The lowest BCUT2D eigenvalue weighted by atomic mass is 9.79. The smallest absolute Gasteiger partial charge is 0.0127 e. The van der Waals surface area contributed by atoms with Gasteiger partial charge in [-0.25, -0.2) is 0 Å². The van der Waals surface area contributed by atoms with Crippen LogP contribution in [0.15, 0.2) is 0 Å². The zero-order chi connectivity index (χ0) is 11.0. The Morgan fingerprint density at radius 2 is 1.93 bits per heavy atom. The van der Waals surface area contributed by atoms with Gasteiger partial charge in [-0.1, -0.05) is 27.7 Å². The van der Waals surface area contributed by atoms with E-state index in [0.717, 1.165) is 19.4 Å². The van der Waals surface area contributed by atoms with Crippen molar-refractivity contribution in [1.29, 1.82) is 0 Å². The quantitative estimate of drug-likeness (QED) is 0.642. The highest BCUT2D eigenvalue weighted by atomic mass is 14.9. The maximum absolute atomic E-state index is 3.56. The van der Waals surface area contributed by atoms with E-state index in [0.29, 0.717) is 11.5 Å². The van der Waals surface area contributed by atoms with Crippen LogP contribution in [0.1, 0.15) is 53.9 Å². The van der Waals surface area contributed by atoms with E-state index in [1.54, 1.807) is 0 Å². The minimum atomic E-state index is 0.380. The van der Waals surface area contributed by atoms with E-state index in [1.165, 1.54) is 6.42 Å². The molecule has 0 spiro atoms. The zero-order valence-corrected chi connectivity index (χ0v) is 10.4. The van der Waals surface area contributed by atoms with Crippen LogP contribution in [0.5, 0.6) is 0 Å². The van der Waals surface area contributed by atoms with Crippen molar-refractivity contribution in [3.05, 3.63) is 0 Å². The molecule has 82 valence electrons. The first-order chi connectivity index (χ1) is 6.58. The van der Waals surface area contributed by atoms with Gasteiger partial charge in [-0.15, -0.1) is 11.8 Å². The minimum Gasteiger partial charge on any atom is -0.314 e. The first-order valence-corrected chi connectivity index (χ1v) is 5.71. The molecule has 0 saturated carbocycles. The van der Waals surface area contributed by atoms with E-state index in [-0.39, 0.29) is 0 Å².